The van der Waals surface area contributed by atoms with Crippen molar-refractivity contribution in [1.29, 1.82) is 0 Å². The Hall–Kier alpha value is -1.76. The van der Waals surface area contributed by atoms with Crippen LogP contribution in [0.15, 0.2) is 10.9 Å². The predicted molar refractivity (Wildman–Crippen MR) is 73.0 cm³/mol. The smallest absolute Gasteiger partial charge is 0.239 e. The van der Waals surface area contributed by atoms with Crippen LogP contribution in [0.4, 0.5) is 0 Å². The summed E-state index contributed by atoms with van der Waals surface area (Å²) in [5, 5.41) is 14.1. The number of rotatable bonds is 5. The van der Waals surface area contributed by atoms with Gasteiger partial charge in [-0.2, -0.15) is 10.1 Å². The Kier molecular flexibility index (Phi) is 4.05. The van der Waals surface area contributed by atoms with Crippen LogP contribution < -0.4 is 5.32 Å². The first-order chi connectivity index (χ1) is 9.86. The van der Waals surface area contributed by atoms with Gasteiger partial charge in [0.1, 0.15) is 6.33 Å². The molecule has 0 saturated heterocycles. The molecule has 3 rings (SSSR count). The van der Waals surface area contributed by atoms with Gasteiger partial charge in [0.2, 0.25) is 11.7 Å². The summed E-state index contributed by atoms with van der Waals surface area (Å²) in [5.41, 5.74) is 0. The molecule has 0 spiro atoms. The van der Waals surface area contributed by atoms with Crippen LogP contribution in [0.25, 0.3) is 11.6 Å². The third kappa shape index (κ3) is 2.87. The molecule has 1 aliphatic carbocycles. The second-order valence-electron chi connectivity index (χ2n) is 5.29. The highest BCUT2D eigenvalue weighted by Gasteiger charge is 2.26. The number of nitrogens with zero attached hydrogens (tertiary/aromatic N) is 4. The lowest BCUT2D eigenvalue weighted by molar-refractivity contribution is 0.283. The molecule has 2 aromatic heterocycles. The van der Waals surface area contributed by atoms with E-state index >= 15 is 0 Å². The van der Waals surface area contributed by atoms with Crippen LogP contribution in [0, 0.1) is 0 Å². The van der Waals surface area contributed by atoms with Gasteiger partial charge in [0, 0.05) is 12.0 Å². The van der Waals surface area contributed by atoms with Gasteiger partial charge >= 0.3 is 0 Å². The van der Waals surface area contributed by atoms with E-state index in [1.54, 1.807) is 0 Å². The number of nitrogens with one attached hydrogen (secondary N) is 2. The van der Waals surface area contributed by atoms with Crippen LogP contribution in [0.2, 0.25) is 0 Å². The van der Waals surface area contributed by atoms with E-state index in [0.717, 1.165) is 25.3 Å². The third-order valence-electron chi connectivity index (χ3n) is 3.83. The molecule has 0 unspecified atom stereocenters. The molecule has 2 heterocycles. The summed E-state index contributed by atoms with van der Waals surface area (Å²) in [6.07, 6.45) is 7.16. The maximum Gasteiger partial charge on any atom is 0.239 e. The second kappa shape index (κ2) is 6.13. The highest BCUT2D eigenvalue weighted by Crippen LogP contribution is 2.32. The minimum absolute atomic E-state index is 0.374. The zero-order valence-corrected chi connectivity index (χ0v) is 11.7. The van der Waals surface area contributed by atoms with E-state index in [2.05, 4.69) is 37.6 Å². The second-order valence-corrected chi connectivity index (χ2v) is 5.29. The molecule has 20 heavy (non-hydrogen) atoms. The molecule has 0 bridgehead atoms. The Bertz CT molecular complexity index is 515. The summed E-state index contributed by atoms with van der Waals surface area (Å²) in [7, 11) is 0. The van der Waals surface area contributed by atoms with E-state index in [0.29, 0.717) is 23.6 Å². The molecule has 2 aromatic rings. The maximum atomic E-state index is 5.38. The van der Waals surface area contributed by atoms with Gasteiger partial charge < -0.3 is 9.84 Å². The summed E-state index contributed by atoms with van der Waals surface area (Å²) >= 11 is 0. The minimum Gasteiger partial charge on any atom is -0.339 e. The van der Waals surface area contributed by atoms with Crippen molar-refractivity contribution in [3.05, 3.63) is 12.2 Å². The van der Waals surface area contributed by atoms with Gasteiger partial charge in [-0.1, -0.05) is 12.1 Å². The Morgan fingerprint density at radius 1 is 1.35 bits per heavy atom. The summed E-state index contributed by atoms with van der Waals surface area (Å²) in [6, 6.07) is 0.642. The lowest BCUT2D eigenvalue weighted by atomic mass is 9.86. The average molecular weight is 276 g/mol. The van der Waals surface area contributed by atoms with Crippen LogP contribution in [-0.4, -0.2) is 37.9 Å². The molecule has 0 radical (unpaired) electrons. The van der Waals surface area contributed by atoms with E-state index in [9.17, 15) is 0 Å². The van der Waals surface area contributed by atoms with Crippen molar-refractivity contribution in [2.75, 3.05) is 6.54 Å². The number of hydrogen-bond acceptors (Lipinski definition) is 6. The quantitative estimate of drug-likeness (QED) is 0.866. The topological polar surface area (TPSA) is 92.5 Å². The molecule has 0 amide bonds. The highest BCUT2D eigenvalue weighted by atomic mass is 16.5. The number of hydrogen-bond donors (Lipinski definition) is 2. The first-order valence-electron chi connectivity index (χ1n) is 7.29. The van der Waals surface area contributed by atoms with E-state index < -0.39 is 0 Å². The van der Waals surface area contributed by atoms with E-state index in [1.807, 2.05) is 0 Å². The Morgan fingerprint density at radius 3 is 2.90 bits per heavy atom. The molecule has 1 saturated carbocycles. The number of aromatic amines is 1. The van der Waals surface area contributed by atoms with Gasteiger partial charge in [-0.05, 0) is 38.6 Å². The molecule has 108 valence electrons. The van der Waals surface area contributed by atoms with Crippen LogP contribution in [0.3, 0.4) is 0 Å². The SMILES string of the molecule is CCCNC1CCC(c2nc(-c3ncn[nH]3)no2)CC1. The monoisotopic (exact) mass is 276 g/mol. The fraction of sp³-hybridized carbons (Fsp3) is 0.692. The fourth-order valence-electron chi connectivity index (χ4n) is 2.70. The predicted octanol–water partition coefficient (Wildman–Crippen LogP) is 1.88. The normalized spacial score (nSPS) is 23.1. The molecule has 2 N–H and O–H groups in total. The first kappa shape index (κ1) is 13.2. The van der Waals surface area contributed by atoms with Crippen molar-refractivity contribution >= 4 is 0 Å². The van der Waals surface area contributed by atoms with Gasteiger partial charge in [0.05, 0.1) is 0 Å². The molecule has 0 aromatic carbocycles. The molecule has 0 atom stereocenters. The number of H-pyrrole nitrogens is 1. The zero-order chi connectivity index (χ0) is 13.8. The third-order valence-corrected chi connectivity index (χ3v) is 3.83. The van der Waals surface area contributed by atoms with Crippen LogP contribution in [0.1, 0.15) is 50.8 Å². The van der Waals surface area contributed by atoms with Crippen molar-refractivity contribution < 1.29 is 4.52 Å². The lowest BCUT2D eigenvalue weighted by Crippen LogP contribution is -2.33. The van der Waals surface area contributed by atoms with E-state index in [-0.39, 0.29) is 0 Å². The van der Waals surface area contributed by atoms with Crippen LogP contribution in [0.5, 0.6) is 0 Å². The van der Waals surface area contributed by atoms with E-state index in [4.69, 9.17) is 4.52 Å². The zero-order valence-electron chi connectivity index (χ0n) is 11.7. The van der Waals surface area contributed by atoms with Crippen molar-refractivity contribution in [3.63, 3.8) is 0 Å². The van der Waals surface area contributed by atoms with Crippen molar-refractivity contribution in [2.24, 2.45) is 0 Å². The fourth-order valence-corrected chi connectivity index (χ4v) is 2.70. The summed E-state index contributed by atoms with van der Waals surface area (Å²) in [6.45, 7) is 3.30. The Balaban J connectivity index is 1.58. The van der Waals surface area contributed by atoms with Crippen molar-refractivity contribution in [2.45, 2.75) is 51.0 Å². The molecular formula is C13H20N6O. The highest BCUT2D eigenvalue weighted by molar-refractivity contribution is 5.39. The average Bonchev–Trinajstić information content (AvgIpc) is 3.16. The lowest BCUT2D eigenvalue weighted by Gasteiger charge is -2.27. The Labute approximate surface area is 117 Å². The first-order valence-corrected chi connectivity index (χ1v) is 7.29. The maximum absolute atomic E-state index is 5.38. The summed E-state index contributed by atoms with van der Waals surface area (Å²) in [4.78, 5) is 8.46. The molecule has 0 aliphatic heterocycles. The summed E-state index contributed by atoms with van der Waals surface area (Å²) < 4.78 is 5.38. The van der Waals surface area contributed by atoms with Gasteiger partial charge in [-0.25, -0.2) is 4.98 Å². The molecular weight excluding hydrogens is 256 g/mol. The molecule has 7 heteroatoms. The Morgan fingerprint density at radius 2 is 2.20 bits per heavy atom. The summed E-state index contributed by atoms with van der Waals surface area (Å²) in [5.74, 6) is 2.14. The standard InChI is InChI=1S/C13H20N6O/c1-2-7-14-10-5-3-9(4-6-10)13-17-12(19-20-13)11-15-8-16-18-11/h8-10,14H,2-7H2,1H3,(H,15,16,18). The molecule has 7 nitrogen and oxygen atoms in total. The van der Waals surface area contributed by atoms with Gasteiger partial charge in [0.15, 0.2) is 5.82 Å². The van der Waals surface area contributed by atoms with Gasteiger partial charge in [-0.3, -0.25) is 5.10 Å². The van der Waals surface area contributed by atoms with Crippen LogP contribution in [-0.2, 0) is 0 Å². The van der Waals surface area contributed by atoms with Gasteiger partial charge in [-0.15, -0.1) is 0 Å². The van der Waals surface area contributed by atoms with Crippen LogP contribution >= 0.6 is 0 Å². The van der Waals surface area contributed by atoms with Crippen molar-refractivity contribution in [1.82, 2.24) is 30.6 Å². The van der Waals surface area contributed by atoms with E-state index in [1.165, 1.54) is 25.6 Å². The largest absolute Gasteiger partial charge is 0.339 e. The molecule has 1 aliphatic rings. The number of aromatic nitrogens is 5. The van der Waals surface area contributed by atoms with Gasteiger partial charge in [0.25, 0.3) is 0 Å². The minimum atomic E-state index is 0.374. The van der Waals surface area contributed by atoms with Crippen molar-refractivity contribution in [3.8, 4) is 11.6 Å². The molecule has 1 fully saturated rings.